The van der Waals surface area contributed by atoms with Crippen LogP contribution in [0.5, 0.6) is 0 Å². The Bertz CT molecular complexity index is 828. The third kappa shape index (κ3) is 3.47. The van der Waals surface area contributed by atoms with Crippen molar-refractivity contribution >= 4 is 22.9 Å². The smallest absolute Gasteiger partial charge is 0.275 e. The second-order valence-corrected chi connectivity index (χ2v) is 6.02. The number of nitrogens with zero attached hydrogens (tertiary/aromatic N) is 1. The number of nitrogens with one attached hydrogen (secondary N) is 1. The van der Waals surface area contributed by atoms with Crippen LogP contribution in [0, 0.1) is 6.92 Å². The standard InChI is InChI=1S/C18H16N2O2S/c1-12-7-8-13(10-21)9-15(12)19-17(22)16-11-23-18(20-16)14-5-3-2-4-6-14/h2-9,11,21H,10H2,1H3,(H,19,22). The van der Waals surface area contributed by atoms with E-state index in [2.05, 4.69) is 10.3 Å². The molecule has 0 bridgehead atoms. The van der Waals surface area contributed by atoms with Gasteiger partial charge in [0.1, 0.15) is 10.7 Å². The summed E-state index contributed by atoms with van der Waals surface area (Å²) >= 11 is 1.44. The first-order valence-electron chi connectivity index (χ1n) is 7.20. The molecule has 3 rings (SSSR count). The fourth-order valence-corrected chi connectivity index (χ4v) is 2.99. The normalized spacial score (nSPS) is 10.5. The molecule has 5 heteroatoms. The number of anilines is 1. The molecule has 116 valence electrons. The Labute approximate surface area is 138 Å². The number of carbonyl (C=O) groups is 1. The zero-order chi connectivity index (χ0) is 16.2. The Hall–Kier alpha value is -2.50. The number of aliphatic hydroxyl groups excluding tert-OH is 1. The molecule has 2 N–H and O–H groups in total. The van der Waals surface area contributed by atoms with Crippen molar-refractivity contribution in [3.63, 3.8) is 0 Å². The molecule has 0 saturated carbocycles. The molecule has 1 aromatic heterocycles. The van der Waals surface area contributed by atoms with Crippen molar-refractivity contribution in [1.29, 1.82) is 0 Å². The molecule has 0 spiro atoms. The van der Waals surface area contributed by atoms with Crippen molar-refractivity contribution in [2.75, 3.05) is 5.32 Å². The van der Waals surface area contributed by atoms with Gasteiger partial charge in [0.2, 0.25) is 0 Å². The molecule has 0 aliphatic heterocycles. The highest BCUT2D eigenvalue weighted by atomic mass is 32.1. The topological polar surface area (TPSA) is 62.2 Å². The molecular weight excluding hydrogens is 308 g/mol. The van der Waals surface area contributed by atoms with Crippen LogP contribution in [-0.2, 0) is 6.61 Å². The monoisotopic (exact) mass is 324 g/mol. The molecule has 0 saturated heterocycles. The van der Waals surface area contributed by atoms with Crippen molar-refractivity contribution in [2.24, 2.45) is 0 Å². The minimum atomic E-state index is -0.248. The summed E-state index contributed by atoms with van der Waals surface area (Å²) in [5, 5.41) is 14.6. The summed E-state index contributed by atoms with van der Waals surface area (Å²) in [7, 11) is 0. The third-order valence-electron chi connectivity index (χ3n) is 3.49. The first kappa shape index (κ1) is 15.4. The largest absolute Gasteiger partial charge is 0.392 e. The predicted molar refractivity (Wildman–Crippen MR) is 92.6 cm³/mol. The van der Waals surface area contributed by atoms with Crippen molar-refractivity contribution in [3.8, 4) is 10.6 Å². The lowest BCUT2D eigenvalue weighted by molar-refractivity contribution is 0.102. The number of amides is 1. The number of rotatable bonds is 4. The molecule has 0 aliphatic carbocycles. The van der Waals surface area contributed by atoms with Crippen molar-refractivity contribution < 1.29 is 9.90 Å². The van der Waals surface area contributed by atoms with Crippen molar-refractivity contribution in [1.82, 2.24) is 4.98 Å². The Morgan fingerprint density at radius 2 is 2.00 bits per heavy atom. The number of thiazole rings is 1. The van der Waals surface area contributed by atoms with Gasteiger partial charge in [0.25, 0.3) is 5.91 Å². The highest BCUT2D eigenvalue weighted by Crippen LogP contribution is 2.24. The van der Waals surface area contributed by atoms with E-state index in [-0.39, 0.29) is 12.5 Å². The van der Waals surface area contributed by atoms with Gasteiger partial charge in [-0.25, -0.2) is 4.98 Å². The van der Waals surface area contributed by atoms with Crippen LogP contribution in [0.3, 0.4) is 0 Å². The van der Waals surface area contributed by atoms with Gasteiger partial charge in [-0.05, 0) is 24.1 Å². The fraction of sp³-hybridized carbons (Fsp3) is 0.111. The molecular formula is C18H16N2O2S. The van der Waals surface area contributed by atoms with E-state index in [9.17, 15) is 9.90 Å². The SMILES string of the molecule is Cc1ccc(CO)cc1NC(=O)c1csc(-c2ccccc2)n1. The van der Waals surface area contributed by atoms with Crippen LogP contribution in [0.15, 0.2) is 53.9 Å². The number of aromatic nitrogens is 1. The van der Waals surface area contributed by atoms with Gasteiger partial charge < -0.3 is 10.4 Å². The fourth-order valence-electron chi connectivity index (χ4n) is 2.18. The highest BCUT2D eigenvalue weighted by Gasteiger charge is 2.13. The molecule has 0 radical (unpaired) electrons. The van der Waals surface area contributed by atoms with Gasteiger partial charge in [-0.3, -0.25) is 4.79 Å². The minimum absolute atomic E-state index is 0.0575. The van der Waals surface area contributed by atoms with Crippen LogP contribution in [-0.4, -0.2) is 16.0 Å². The second kappa shape index (κ2) is 6.73. The lowest BCUT2D eigenvalue weighted by Gasteiger charge is -2.08. The van der Waals surface area contributed by atoms with Crippen LogP contribution in [0.1, 0.15) is 21.6 Å². The average Bonchev–Trinajstić information content (AvgIpc) is 3.08. The van der Waals surface area contributed by atoms with E-state index in [1.54, 1.807) is 11.4 Å². The third-order valence-corrected chi connectivity index (χ3v) is 4.38. The first-order chi connectivity index (χ1) is 11.2. The zero-order valence-electron chi connectivity index (χ0n) is 12.6. The minimum Gasteiger partial charge on any atom is -0.392 e. The summed E-state index contributed by atoms with van der Waals surface area (Å²) in [4.78, 5) is 16.8. The van der Waals surface area contributed by atoms with Gasteiger partial charge in [0.05, 0.1) is 6.61 Å². The van der Waals surface area contributed by atoms with E-state index in [1.165, 1.54) is 11.3 Å². The molecule has 0 atom stereocenters. The summed E-state index contributed by atoms with van der Waals surface area (Å²) in [5.74, 6) is -0.248. The van der Waals surface area contributed by atoms with Crippen LogP contribution in [0.2, 0.25) is 0 Å². The maximum absolute atomic E-state index is 12.4. The maximum Gasteiger partial charge on any atom is 0.275 e. The van der Waals surface area contributed by atoms with Gasteiger partial charge in [-0.1, -0.05) is 42.5 Å². The molecule has 23 heavy (non-hydrogen) atoms. The molecule has 2 aromatic carbocycles. The molecule has 4 nitrogen and oxygen atoms in total. The molecule has 0 unspecified atom stereocenters. The molecule has 1 amide bonds. The van der Waals surface area contributed by atoms with Crippen LogP contribution >= 0.6 is 11.3 Å². The average molecular weight is 324 g/mol. The Kier molecular flexibility index (Phi) is 4.50. The zero-order valence-corrected chi connectivity index (χ0v) is 13.4. The number of benzene rings is 2. The summed E-state index contributed by atoms with van der Waals surface area (Å²) < 4.78 is 0. The lowest BCUT2D eigenvalue weighted by atomic mass is 10.1. The van der Waals surface area contributed by atoms with Gasteiger partial charge in [-0.2, -0.15) is 0 Å². The molecule has 1 heterocycles. The second-order valence-electron chi connectivity index (χ2n) is 5.17. The number of aliphatic hydroxyl groups is 1. The quantitative estimate of drug-likeness (QED) is 0.766. The van der Waals surface area contributed by atoms with E-state index in [1.807, 2.05) is 49.4 Å². The molecule has 0 aliphatic rings. The van der Waals surface area contributed by atoms with Gasteiger partial charge in [0, 0.05) is 16.6 Å². The van der Waals surface area contributed by atoms with Gasteiger partial charge in [0.15, 0.2) is 0 Å². The van der Waals surface area contributed by atoms with Crippen LogP contribution in [0.25, 0.3) is 10.6 Å². The number of aryl methyl sites for hydroxylation is 1. The Morgan fingerprint density at radius 1 is 1.22 bits per heavy atom. The first-order valence-corrected chi connectivity index (χ1v) is 8.08. The molecule has 3 aromatic rings. The number of hydrogen-bond donors (Lipinski definition) is 2. The van der Waals surface area contributed by atoms with Crippen molar-refractivity contribution in [3.05, 3.63) is 70.7 Å². The van der Waals surface area contributed by atoms with E-state index >= 15 is 0 Å². The van der Waals surface area contributed by atoms with Crippen LogP contribution < -0.4 is 5.32 Å². The predicted octanol–water partition coefficient (Wildman–Crippen LogP) is 3.86. The van der Waals surface area contributed by atoms with E-state index in [0.29, 0.717) is 11.4 Å². The Morgan fingerprint density at radius 3 is 2.74 bits per heavy atom. The maximum atomic E-state index is 12.4. The van der Waals surface area contributed by atoms with Gasteiger partial charge in [-0.15, -0.1) is 11.3 Å². The van der Waals surface area contributed by atoms with Crippen molar-refractivity contribution in [2.45, 2.75) is 13.5 Å². The van der Waals surface area contributed by atoms with Gasteiger partial charge >= 0.3 is 0 Å². The summed E-state index contributed by atoms with van der Waals surface area (Å²) in [6.45, 7) is 1.85. The van der Waals surface area contributed by atoms with Crippen LogP contribution in [0.4, 0.5) is 5.69 Å². The number of carbonyl (C=O) groups excluding carboxylic acids is 1. The Balaban J connectivity index is 1.81. The van der Waals surface area contributed by atoms with E-state index in [4.69, 9.17) is 0 Å². The lowest BCUT2D eigenvalue weighted by Crippen LogP contribution is -2.13. The number of hydrogen-bond acceptors (Lipinski definition) is 4. The van der Waals surface area contributed by atoms with E-state index < -0.39 is 0 Å². The highest BCUT2D eigenvalue weighted by molar-refractivity contribution is 7.13. The summed E-state index contributed by atoms with van der Waals surface area (Å²) in [5.41, 5.74) is 3.77. The summed E-state index contributed by atoms with van der Waals surface area (Å²) in [6, 6.07) is 15.3. The molecule has 0 fully saturated rings. The van der Waals surface area contributed by atoms with E-state index in [0.717, 1.165) is 21.7 Å². The summed E-state index contributed by atoms with van der Waals surface area (Å²) in [6.07, 6.45) is 0.